The third kappa shape index (κ3) is 6.61. The number of aryl methyl sites for hydroxylation is 2. The number of carbonyl (C=O) groups excluding carboxylic acids is 3. The monoisotopic (exact) mass is 776 g/mol. The van der Waals surface area contributed by atoms with Crippen LogP contribution in [-0.4, -0.2) is 89.6 Å². The predicted molar refractivity (Wildman–Crippen MR) is 204 cm³/mol. The molecule has 54 heavy (non-hydrogen) atoms. The summed E-state index contributed by atoms with van der Waals surface area (Å²) in [6.07, 6.45) is 7.58. The van der Waals surface area contributed by atoms with Crippen molar-refractivity contribution in [1.29, 1.82) is 0 Å². The highest BCUT2D eigenvalue weighted by Crippen LogP contribution is 2.49. The summed E-state index contributed by atoms with van der Waals surface area (Å²) in [6.45, 7) is 1.75. The second-order valence-corrected chi connectivity index (χ2v) is 17.9. The van der Waals surface area contributed by atoms with Crippen molar-refractivity contribution in [3.63, 3.8) is 0 Å². The molecular weight excluding hydrogens is 732 g/mol. The molecule has 8 rings (SSSR count). The first kappa shape index (κ1) is 36.4. The van der Waals surface area contributed by atoms with Crippen LogP contribution in [0.3, 0.4) is 0 Å². The summed E-state index contributed by atoms with van der Waals surface area (Å²) in [6, 6.07) is 11.3. The number of amides is 3. The van der Waals surface area contributed by atoms with Gasteiger partial charge in [-0.05, 0) is 91.5 Å². The number of anilines is 1. The average molecular weight is 777 g/mol. The highest BCUT2D eigenvalue weighted by molar-refractivity contribution is 7.92. The molecule has 13 nitrogen and oxygen atoms in total. The number of allylic oxidation sites excluding steroid dienone is 1. The van der Waals surface area contributed by atoms with E-state index < -0.39 is 33.9 Å². The van der Waals surface area contributed by atoms with Gasteiger partial charge in [-0.25, -0.2) is 9.00 Å². The van der Waals surface area contributed by atoms with Crippen molar-refractivity contribution in [1.82, 2.24) is 19.4 Å². The minimum Gasteiger partial charge on any atom is -0.490 e. The van der Waals surface area contributed by atoms with Gasteiger partial charge in [-0.3, -0.25) is 19.0 Å². The summed E-state index contributed by atoms with van der Waals surface area (Å²) >= 11 is 6.47. The molecule has 1 spiro atoms. The summed E-state index contributed by atoms with van der Waals surface area (Å²) < 4.78 is 41.4. The van der Waals surface area contributed by atoms with Crippen LogP contribution in [0, 0.1) is 17.8 Å². The van der Waals surface area contributed by atoms with Crippen LogP contribution in [0.5, 0.6) is 11.6 Å². The van der Waals surface area contributed by atoms with Gasteiger partial charge in [0.25, 0.3) is 11.8 Å². The molecule has 1 unspecified atom stereocenters. The molecule has 2 aromatic carbocycles. The van der Waals surface area contributed by atoms with Crippen LogP contribution in [-0.2, 0) is 33.5 Å². The van der Waals surface area contributed by atoms with Gasteiger partial charge in [-0.2, -0.15) is 0 Å². The Labute approximate surface area is 320 Å². The van der Waals surface area contributed by atoms with Gasteiger partial charge in [0.05, 0.1) is 25.2 Å². The highest BCUT2D eigenvalue weighted by atomic mass is 35.5. The molecule has 5 aliphatic rings. The fraction of sp³-hybridized carbons (Fsp3) is 0.487. The van der Waals surface area contributed by atoms with Gasteiger partial charge in [0.1, 0.15) is 27.3 Å². The van der Waals surface area contributed by atoms with Gasteiger partial charge in [0.15, 0.2) is 0 Å². The number of nitrogens with one attached hydrogen (secondary N) is 1. The van der Waals surface area contributed by atoms with Crippen molar-refractivity contribution >= 4 is 45.1 Å². The first-order chi connectivity index (χ1) is 25.8. The molecule has 3 aliphatic carbocycles. The molecule has 286 valence electrons. The van der Waals surface area contributed by atoms with E-state index in [-0.39, 0.29) is 45.9 Å². The standard InChI is InChI=1S/C39H45ClN6O7S/c1-44(2)38(49)53-34-28-11-7-25(28)18-46-21-39(15-5-6-23-16-27(40)10-13-31(23)39)22-52-33-14-9-24(17-32(33)46)35(47)42-54(50,20-26-8-12-29(26)34)43-36(48)30-19-45(3)41-37(30)51-4/h9-10,12-14,16-17,19,25-26,28,34H,5-8,11,15,18,20-22H2,1-4H3,(H,42,43,47,48,50)/t25-,26-,28+,34+,39-,54?/m0/s1. The Morgan fingerprint density at radius 3 is 2.72 bits per heavy atom. The normalized spacial score (nSPS) is 28.5. The molecule has 6 atom stereocenters. The number of fused-ring (bicyclic) bond motifs is 5. The topological polar surface area (TPSA) is 145 Å². The fourth-order valence-electron chi connectivity index (χ4n) is 8.84. The lowest BCUT2D eigenvalue weighted by atomic mass is 9.65. The number of halogens is 1. The first-order valence-electron chi connectivity index (χ1n) is 18.4. The van der Waals surface area contributed by atoms with Gasteiger partial charge in [0.2, 0.25) is 5.88 Å². The maximum Gasteiger partial charge on any atom is 0.409 e. The van der Waals surface area contributed by atoms with E-state index in [0.29, 0.717) is 36.9 Å². The number of nitrogens with zero attached hydrogens (tertiary/aromatic N) is 5. The van der Waals surface area contributed by atoms with Crippen molar-refractivity contribution in [3.05, 3.63) is 81.5 Å². The molecule has 2 aliphatic heterocycles. The van der Waals surface area contributed by atoms with E-state index in [9.17, 15) is 18.6 Å². The van der Waals surface area contributed by atoms with Gasteiger partial charge < -0.3 is 24.0 Å². The Balaban J connectivity index is 1.24. The van der Waals surface area contributed by atoms with Crippen LogP contribution in [0.4, 0.5) is 10.5 Å². The van der Waals surface area contributed by atoms with Crippen molar-refractivity contribution < 1.29 is 32.8 Å². The van der Waals surface area contributed by atoms with Crippen molar-refractivity contribution in [2.75, 3.05) is 51.6 Å². The molecule has 1 N–H and O–H groups in total. The fourth-order valence-corrected chi connectivity index (χ4v) is 10.9. The lowest BCUT2D eigenvalue weighted by Gasteiger charge is -2.48. The number of ether oxygens (including phenoxy) is 3. The summed E-state index contributed by atoms with van der Waals surface area (Å²) in [5.74, 6) is -1.11. The van der Waals surface area contributed by atoms with E-state index >= 15 is 0 Å². The number of hydrogen-bond acceptors (Lipinski definition) is 9. The number of benzene rings is 2. The molecule has 0 saturated heterocycles. The molecule has 1 fully saturated rings. The second kappa shape index (κ2) is 13.9. The average Bonchev–Trinajstić information content (AvgIpc) is 3.43. The number of hydrogen-bond donors (Lipinski definition) is 1. The molecular formula is C39H45ClN6O7S. The second-order valence-electron chi connectivity index (χ2n) is 15.5. The number of aromatic nitrogens is 2. The predicted octanol–water partition coefficient (Wildman–Crippen LogP) is 5.56. The van der Waals surface area contributed by atoms with Crippen LogP contribution >= 0.6 is 11.6 Å². The van der Waals surface area contributed by atoms with Crippen molar-refractivity contribution in [2.45, 2.75) is 50.0 Å². The van der Waals surface area contributed by atoms with Gasteiger partial charge >= 0.3 is 6.09 Å². The minimum atomic E-state index is -3.74. The number of carbonyl (C=O) groups is 3. The molecule has 1 saturated carbocycles. The van der Waals surface area contributed by atoms with Gasteiger partial charge in [-0.15, -0.1) is 9.46 Å². The van der Waals surface area contributed by atoms with E-state index in [4.69, 9.17) is 25.8 Å². The van der Waals surface area contributed by atoms with Gasteiger partial charge in [-0.1, -0.05) is 23.7 Å². The van der Waals surface area contributed by atoms with Crippen molar-refractivity contribution in [3.8, 4) is 11.6 Å². The van der Waals surface area contributed by atoms with E-state index in [2.05, 4.69) is 31.2 Å². The van der Waals surface area contributed by atoms with Gasteiger partial charge in [0, 0.05) is 68.3 Å². The zero-order valence-corrected chi connectivity index (χ0v) is 32.5. The lowest BCUT2D eigenvalue weighted by molar-refractivity contribution is 0.00165. The van der Waals surface area contributed by atoms with Crippen LogP contribution < -0.4 is 19.1 Å². The van der Waals surface area contributed by atoms with E-state index in [1.165, 1.54) is 34.0 Å². The zero-order valence-electron chi connectivity index (χ0n) is 30.9. The summed E-state index contributed by atoms with van der Waals surface area (Å²) in [5, 5.41) is 4.86. The van der Waals surface area contributed by atoms with Crippen molar-refractivity contribution in [2.24, 2.45) is 29.2 Å². The molecule has 3 heterocycles. The zero-order chi connectivity index (χ0) is 37.9. The van der Waals surface area contributed by atoms with Crippen LogP contribution in [0.1, 0.15) is 63.9 Å². The van der Waals surface area contributed by atoms with E-state index in [1.54, 1.807) is 39.3 Å². The summed E-state index contributed by atoms with van der Waals surface area (Å²) in [4.78, 5) is 44.7. The molecule has 2 bridgehead atoms. The molecule has 3 aromatic rings. The third-order valence-electron chi connectivity index (χ3n) is 11.8. The lowest BCUT2D eigenvalue weighted by Crippen LogP contribution is -2.51. The maximum atomic E-state index is 14.9. The summed E-state index contributed by atoms with van der Waals surface area (Å²) in [5.41, 5.74) is 4.00. The Hall–Kier alpha value is -4.56. The number of rotatable bonds is 4. The third-order valence-corrected chi connectivity index (χ3v) is 13.8. The van der Waals surface area contributed by atoms with Crippen LogP contribution in [0.15, 0.2) is 58.6 Å². The largest absolute Gasteiger partial charge is 0.490 e. The maximum absolute atomic E-state index is 14.9. The van der Waals surface area contributed by atoms with Crippen LogP contribution in [0.2, 0.25) is 5.02 Å². The van der Waals surface area contributed by atoms with E-state index in [1.807, 2.05) is 12.1 Å². The molecule has 0 radical (unpaired) electrons. The summed E-state index contributed by atoms with van der Waals surface area (Å²) in [7, 11) is 2.58. The minimum absolute atomic E-state index is 0.000962. The number of methoxy groups -OCH3 is 1. The van der Waals surface area contributed by atoms with Crippen LogP contribution in [0.25, 0.3) is 0 Å². The van der Waals surface area contributed by atoms with E-state index in [0.717, 1.165) is 43.4 Å². The molecule has 1 aromatic heterocycles. The highest BCUT2D eigenvalue weighted by Gasteiger charge is 2.48. The Bertz CT molecular complexity index is 2190. The molecule has 15 heteroatoms. The Kier molecular flexibility index (Phi) is 9.40. The SMILES string of the molecule is COc1nn(C)cc1C(=O)NS1(=O)=NC(=O)c2ccc3c(c2)N(C[C@@H]2CC[C@H]2[C@@H](OC(=O)N(C)C)C2=CC[C@H]2C1)C[C@@]1(CCCc2cc(Cl)ccc21)CO3. The smallest absolute Gasteiger partial charge is 0.409 e. The Morgan fingerprint density at radius 1 is 1.17 bits per heavy atom. The quantitative estimate of drug-likeness (QED) is 0.337. The molecule has 3 amide bonds. The Morgan fingerprint density at radius 2 is 2.00 bits per heavy atom. The first-order valence-corrected chi connectivity index (χ1v) is 20.5.